The minimum atomic E-state index is -0.465. The van der Waals surface area contributed by atoms with Crippen LogP contribution in [0.3, 0.4) is 0 Å². The molecule has 0 fully saturated rings. The van der Waals surface area contributed by atoms with Gasteiger partial charge in [-0.15, -0.1) is 0 Å². The second-order valence-corrected chi connectivity index (χ2v) is 7.09. The maximum absolute atomic E-state index is 12.9. The lowest BCUT2D eigenvalue weighted by molar-refractivity contribution is -0.140. The second-order valence-electron chi connectivity index (χ2n) is 6.65. The third-order valence-electron chi connectivity index (χ3n) is 4.84. The molecule has 6 heteroatoms. The van der Waals surface area contributed by atoms with Crippen molar-refractivity contribution >= 4 is 23.4 Å². The van der Waals surface area contributed by atoms with E-state index >= 15 is 0 Å². The van der Waals surface area contributed by atoms with Crippen LogP contribution in [0.1, 0.15) is 44.6 Å². The number of nitrogens with one attached hydrogen (secondary N) is 1. The number of hydrogen-bond donors (Lipinski definition) is 1. The van der Waals surface area contributed by atoms with Crippen LogP contribution in [-0.2, 0) is 19.1 Å². The van der Waals surface area contributed by atoms with Crippen LogP contribution in [0.5, 0.6) is 0 Å². The van der Waals surface area contributed by atoms with Crippen molar-refractivity contribution in [1.82, 2.24) is 5.32 Å². The van der Waals surface area contributed by atoms with E-state index in [0.717, 1.165) is 29.8 Å². The van der Waals surface area contributed by atoms with Gasteiger partial charge in [-0.05, 0) is 44.4 Å². The molecule has 1 atom stereocenters. The average Bonchev–Trinajstić information content (AvgIpc) is 2.64. The summed E-state index contributed by atoms with van der Waals surface area (Å²) < 4.78 is 10.7. The summed E-state index contributed by atoms with van der Waals surface area (Å²) in [6, 6.07) is 7.32. The maximum Gasteiger partial charge on any atom is 0.336 e. The first-order valence-electron chi connectivity index (χ1n) is 9.27. The SMILES string of the molecule is CCOCCOC(=O)C1=C(C)NC2=C(C(=O)CCC2)[C@H]1c1cccc(Cl)c1. The third kappa shape index (κ3) is 4.25. The molecule has 5 nitrogen and oxygen atoms in total. The first-order chi connectivity index (χ1) is 13.0. The molecule has 27 heavy (non-hydrogen) atoms. The fourth-order valence-electron chi connectivity index (χ4n) is 3.69. The van der Waals surface area contributed by atoms with Crippen LogP contribution < -0.4 is 5.32 Å². The number of Topliss-reactive ketones (excluding diaryl/α,β-unsaturated/α-hetero) is 1. The van der Waals surface area contributed by atoms with Crippen LogP contribution in [0.25, 0.3) is 0 Å². The van der Waals surface area contributed by atoms with Gasteiger partial charge < -0.3 is 14.8 Å². The van der Waals surface area contributed by atoms with E-state index in [9.17, 15) is 9.59 Å². The minimum absolute atomic E-state index is 0.0702. The Hall–Kier alpha value is -2.11. The number of carbonyl (C=O) groups is 2. The van der Waals surface area contributed by atoms with Crippen molar-refractivity contribution in [2.45, 2.75) is 39.0 Å². The number of dihydropyridines is 1. The normalized spacial score (nSPS) is 19.7. The van der Waals surface area contributed by atoms with Crippen LogP contribution in [0.4, 0.5) is 0 Å². The van der Waals surface area contributed by atoms with Crippen LogP contribution in [-0.4, -0.2) is 31.6 Å². The zero-order chi connectivity index (χ0) is 19.4. The van der Waals surface area contributed by atoms with Gasteiger partial charge in [0.25, 0.3) is 0 Å². The van der Waals surface area contributed by atoms with Gasteiger partial charge in [0.15, 0.2) is 5.78 Å². The minimum Gasteiger partial charge on any atom is -0.460 e. The van der Waals surface area contributed by atoms with Gasteiger partial charge in [0.1, 0.15) is 6.61 Å². The summed E-state index contributed by atoms with van der Waals surface area (Å²) in [5.41, 5.74) is 3.56. The fraction of sp³-hybridized carbons (Fsp3) is 0.429. The van der Waals surface area contributed by atoms with Gasteiger partial charge in [-0.1, -0.05) is 23.7 Å². The highest BCUT2D eigenvalue weighted by Gasteiger charge is 2.39. The monoisotopic (exact) mass is 389 g/mol. The number of ether oxygens (including phenoxy) is 2. The van der Waals surface area contributed by atoms with E-state index in [1.165, 1.54) is 0 Å². The van der Waals surface area contributed by atoms with Crippen LogP contribution in [0, 0.1) is 0 Å². The van der Waals surface area contributed by atoms with E-state index in [0.29, 0.717) is 35.8 Å². The summed E-state index contributed by atoms with van der Waals surface area (Å²) in [7, 11) is 0. The lowest BCUT2D eigenvalue weighted by Gasteiger charge is -2.34. The van der Waals surface area contributed by atoms with Crippen molar-refractivity contribution in [2.24, 2.45) is 0 Å². The van der Waals surface area contributed by atoms with E-state index < -0.39 is 11.9 Å². The Balaban J connectivity index is 1.99. The van der Waals surface area contributed by atoms with Crippen molar-refractivity contribution in [3.8, 4) is 0 Å². The number of halogens is 1. The van der Waals surface area contributed by atoms with Crippen molar-refractivity contribution in [1.29, 1.82) is 0 Å². The highest BCUT2D eigenvalue weighted by molar-refractivity contribution is 6.30. The molecule has 3 rings (SSSR count). The Morgan fingerprint density at radius 2 is 2.11 bits per heavy atom. The summed E-state index contributed by atoms with van der Waals surface area (Å²) in [5, 5.41) is 3.84. The highest BCUT2D eigenvalue weighted by atomic mass is 35.5. The van der Waals surface area contributed by atoms with Gasteiger partial charge in [0.2, 0.25) is 0 Å². The van der Waals surface area contributed by atoms with E-state index in [1.54, 1.807) is 6.07 Å². The highest BCUT2D eigenvalue weighted by Crippen LogP contribution is 2.42. The fourth-order valence-corrected chi connectivity index (χ4v) is 3.89. The van der Waals surface area contributed by atoms with Crippen LogP contribution in [0.2, 0.25) is 5.02 Å². The predicted molar refractivity (Wildman–Crippen MR) is 103 cm³/mol. The molecule has 1 aliphatic heterocycles. The zero-order valence-corrected chi connectivity index (χ0v) is 16.4. The first kappa shape index (κ1) is 19.6. The molecule has 2 aliphatic rings. The molecule has 1 heterocycles. The topological polar surface area (TPSA) is 64.6 Å². The van der Waals surface area contributed by atoms with Crippen molar-refractivity contribution in [3.63, 3.8) is 0 Å². The van der Waals surface area contributed by atoms with Crippen molar-refractivity contribution in [3.05, 3.63) is 57.4 Å². The molecule has 1 aromatic rings. The molecule has 0 amide bonds. The van der Waals surface area contributed by atoms with E-state index in [1.807, 2.05) is 32.0 Å². The third-order valence-corrected chi connectivity index (χ3v) is 5.08. The number of esters is 1. The molecule has 0 radical (unpaired) electrons. The summed E-state index contributed by atoms with van der Waals surface area (Å²) in [4.78, 5) is 25.6. The van der Waals surface area contributed by atoms with Crippen LogP contribution >= 0.6 is 11.6 Å². The van der Waals surface area contributed by atoms with Gasteiger partial charge in [-0.2, -0.15) is 0 Å². The predicted octanol–water partition coefficient (Wildman–Crippen LogP) is 3.89. The van der Waals surface area contributed by atoms with Gasteiger partial charge in [-0.25, -0.2) is 4.79 Å². The van der Waals surface area contributed by atoms with Crippen molar-refractivity contribution < 1.29 is 19.1 Å². The molecule has 0 saturated carbocycles. The van der Waals surface area contributed by atoms with Crippen LogP contribution in [0.15, 0.2) is 46.8 Å². The Labute approximate surface area is 164 Å². The zero-order valence-electron chi connectivity index (χ0n) is 15.6. The van der Waals surface area contributed by atoms with Gasteiger partial charge >= 0.3 is 5.97 Å². The lowest BCUT2D eigenvalue weighted by atomic mass is 9.75. The number of benzene rings is 1. The molecule has 144 valence electrons. The number of ketones is 1. The van der Waals surface area contributed by atoms with E-state index in [-0.39, 0.29) is 12.4 Å². The summed E-state index contributed by atoms with van der Waals surface area (Å²) in [6.45, 7) is 4.82. The quantitative estimate of drug-likeness (QED) is 0.590. The van der Waals surface area contributed by atoms with E-state index in [4.69, 9.17) is 21.1 Å². The average molecular weight is 390 g/mol. The Bertz CT molecular complexity index is 812. The van der Waals surface area contributed by atoms with E-state index in [2.05, 4.69) is 5.32 Å². The maximum atomic E-state index is 12.9. The van der Waals surface area contributed by atoms with Crippen molar-refractivity contribution in [2.75, 3.05) is 19.8 Å². The summed E-state index contributed by atoms with van der Waals surface area (Å²) in [5.74, 6) is -0.831. The molecular weight excluding hydrogens is 366 g/mol. The first-order valence-corrected chi connectivity index (χ1v) is 9.65. The summed E-state index contributed by atoms with van der Waals surface area (Å²) >= 11 is 6.19. The second kappa shape index (κ2) is 8.72. The van der Waals surface area contributed by atoms with Gasteiger partial charge in [0, 0.05) is 40.9 Å². The molecule has 1 aliphatic carbocycles. The number of hydrogen-bond acceptors (Lipinski definition) is 5. The lowest BCUT2D eigenvalue weighted by Crippen LogP contribution is -2.34. The standard InChI is InChI=1S/C21H24ClNO4/c1-3-26-10-11-27-21(25)18-13(2)23-16-8-5-9-17(24)20(16)19(18)14-6-4-7-15(22)12-14/h4,6-7,12,19,23H,3,5,8-11H2,1-2H3/t19-/m0/s1. The largest absolute Gasteiger partial charge is 0.460 e. The Morgan fingerprint density at radius 1 is 1.30 bits per heavy atom. The number of rotatable bonds is 6. The molecule has 1 N–H and O–H groups in total. The molecular formula is C21H24ClNO4. The molecule has 0 bridgehead atoms. The Morgan fingerprint density at radius 3 is 2.85 bits per heavy atom. The molecule has 0 spiro atoms. The number of allylic oxidation sites excluding steroid dienone is 3. The molecule has 0 unspecified atom stereocenters. The smallest absolute Gasteiger partial charge is 0.336 e. The van der Waals surface area contributed by atoms with Gasteiger partial charge in [0.05, 0.1) is 12.2 Å². The number of carbonyl (C=O) groups excluding carboxylic acids is 2. The summed E-state index contributed by atoms with van der Waals surface area (Å²) in [6.07, 6.45) is 2.10. The molecule has 1 aromatic carbocycles. The molecule has 0 saturated heterocycles. The molecule has 0 aromatic heterocycles. The van der Waals surface area contributed by atoms with Gasteiger partial charge in [-0.3, -0.25) is 4.79 Å². The Kier molecular flexibility index (Phi) is 6.34.